The van der Waals surface area contributed by atoms with E-state index >= 15 is 0 Å². The van der Waals surface area contributed by atoms with Crippen molar-refractivity contribution in [3.05, 3.63) is 35.6 Å². The molecule has 1 aromatic rings. The third-order valence-electron chi connectivity index (χ3n) is 3.44. The second-order valence-corrected chi connectivity index (χ2v) is 4.94. The lowest BCUT2D eigenvalue weighted by atomic mass is 9.97. The minimum atomic E-state index is -0.380. The summed E-state index contributed by atoms with van der Waals surface area (Å²) in [4.78, 5) is 13.7. The van der Waals surface area contributed by atoms with Crippen LogP contribution in [-0.4, -0.2) is 35.1 Å². The van der Waals surface area contributed by atoms with Crippen molar-refractivity contribution in [3.8, 4) is 0 Å². The minimum absolute atomic E-state index is 0.0587. The van der Waals surface area contributed by atoms with Gasteiger partial charge in [0.05, 0.1) is 6.10 Å². The summed E-state index contributed by atoms with van der Waals surface area (Å²) in [5.74, 6) is -0.140. The Hall–Kier alpha value is -1.42. The molecule has 1 N–H and O–H groups in total. The van der Waals surface area contributed by atoms with Gasteiger partial charge in [-0.2, -0.15) is 0 Å². The maximum absolute atomic E-state index is 12.8. The molecule has 1 saturated heterocycles. The van der Waals surface area contributed by atoms with Crippen LogP contribution in [0.15, 0.2) is 24.3 Å². The standard InChI is InChI=1S/C14H18FNO2/c1-10(11-2-4-12(15)5-3-11)8-14(18)16-7-6-13(17)9-16/h2-5,10,13,17H,6-9H2,1H3/t10?,13-/m1/s1. The highest BCUT2D eigenvalue weighted by Crippen LogP contribution is 2.21. The lowest BCUT2D eigenvalue weighted by Gasteiger charge is -2.18. The molecule has 0 spiro atoms. The molecule has 1 unspecified atom stereocenters. The van der Waals surface area contributed by atoms with Crippen LogP contribution in [0.5, 0.6) is 0 Å². The fourth-order valence-corrected chi connectivity index (χ4v) is 2.27. The van der Waals surface area contributed by atoms with E-state index in [1.165, 1.54) is 12.1 Å². The number of amides is 1. The van der Waals surface area contributed by atoms with Crippen molar-refractivity contribution in [3.63, 3.8) is 0 Å². The van der Waals surface area contributed by atoms with E-state index < -0.39 is 0 Å². The van der Waals surface area contributed by atoms with E-state index in [9.17, 15) is 14.3 Å². The first-order valence-corrected chi connectivity index (χ1v) is 6.27. The summed E-state index contributed by atoms with van der Waals surface area (Å²) in [6, 6.07) is 6.25. The number of aliphatic hydroxyl groups is 1. The summed E-state index contributed by atoms with van der Waals surface area (Å²) in [7, 11) is 0. The second kappa shape index (κ2) is 5.48. The van der Waals surface area contributed by atoms with Gasteiger partial charge in [0.15, 0.2) is 0 Å². The molecule has 4 heteroatoms. The molecule has 2 rings (SSSR count). The molecule has 18 heavy (non-hydrogen) atoms. The molecule has 0 radical (unpaired) electrons. The van der Waals surface area contributed by atoms with Crippen LogP contribution in [0.25, 0.3) is 0 Å². The molecule has 2 atom stereocenters. The van der Waals surface area contributed by atoms with Crippen molar-refractivity contribution in [2.45, 2.75) is 31.8 Å². The van der Waals surface area contributed by atoms with E-state index in [2.05, 4.69) is 0 Å². The van der Waals surface area contributed by atoms with Crippen LogP contribution in [0.1, 0.15) is 31.2 Å². The molecule has 1 aromatic carbocycles. The molecule has 98 valence electrons. The summed E-state index contributed by atoms with van der Waals surface area (Å²) in [6.45, 7) is 3.03. The number of β-amino-alcohol motifs (C(OH)–C–C–N with tert-alkyl or cyclic N) is 1. The van der Waals surface area contributed by atoms with Gasteiger partial charge in [0.2, 0.25) is 5.91 Å². The van der Waals surface area contributed by atoms with Crippen LogP contribution < -0.4 is 0 Å². The van der Waals surface area contributed by atoms with Gasteiger partial charge in [-0.3, -0.25) is 4.79 Å². The van der Waals surface area contributed by atoms with Gasteiger partial charge >= 0.3 is 0 Å². The Labute approximate surface area is 106 Å². The number of hydrogen-bond donors (Lipinski definition) is 1. The number of carbonyl (C=O) groups excluding carboxylic acids is 1. The van der Waals surface area contributed by atoms with Crippen molar-refractivity contribution in [1.82, 2.24) is 4.90 Å². The number of rotatable bonds is 3. The summed E-state index contributed by atoms with van der Waals surface area (Å²) >= 11 is 0. The number of likely N-dealkylation sites (tertiary alicyclic amines) is 1. The smallest absolute Gasteiger partial charge is 0.223 e. The van der Waals surface area contributed by atoms with Gasteiger partial charge < -0.3 is 10.0 Å². The van der Waals surface area contributed by atoms with Crippen LogP contribution >= 0.6 is 0 Å². The average molecular weight is 251 g/mol. The molecule has 0 aliphatic carbocycles. The maximum Gasteiger partial charge on any atom is 0.223 e. The topological polar surface area (TPSA) is 40.5 Å². The highest BCUT2D eigenvalue weighted by Gasteiger charge is 2.25. The van der Waals surface area contributed by atoms with Gasteiger partial charge in [0.1, 0.15) is 5.82 Å². The molecule has 1 heterocycles. The Balaban J connectivity index is 1.92. The van der Waals surface area contributed by atoms with E-state index in [1.54, 1.807) is 17.0 Å². The van der Waals surface area contributed by atoms with Crippen molar-refractivity contribution < 1.29 is 14.3 Å². The molecule has 1 amide bonds. The van der Waals surface area contributed by atoms with Crippen LogP contribution in [0.3, 0.4) is 0 Å². The fourth-order valence-electron chi connectivity index (χ4n) is 2.27. The normalized spacial score (nSPS) is 21.1. The Kier molecular flexibility index (Phi) is 3.97. The lowest BCUT2D eigenvalue weighted by molar-refractivity contribution is -0.130. The molecular weight excluding hydrogens is 233 g/mol. The number of hydrogen-bond acceptors (Lipinski definition) is 2. The van der Waals surface area contributed by atoms with Gasteiger partial charge in [0, 0.05) is 19.5 Å². The molecule has 0 saturated carbocycles. The minimum Gasteiger partial charge on any atom is -0.391 e. The summed E-state index contributed by atoms with van der Waals surface area (Å²) in [5, 5.41) is 9.39. The third kappa shape index (κ3) is 3.07. The molecule has 0 bridgehead atoms. The summed E-state index contributed by atoms with van der Waals surface area (Å²) in [5.41, 5.74) is 0.962. The Morgan fingerprint density at radius 3 is 2.72 bits per heavy atom. The molecule has 3 nitrogen and oxygen atoms in total. The summed E-state index contributed by atoms with van der Waals surface area (Å²) < 4.78 is 12.8. The van der Waals surface area contributed by atoms with E-state index in [4.69, 9.17) is 0 Å². The van der Waals surface area contributed by atoms with Crippen molar-refractivity contribution in [1.29, 1.82) is 0 Å². The molecule has 1 aliphatic rings. The zero-order valence-corrected chi connectivity index (χ0v) is 10.5. The second-order valence-electron chi connectivity index (χ2n) is 4.94. The highest BCUT2D eigenvalue weighted by atomic mass is 19.1. The molecule has 0 aromatic heterocycles. The van der Waals surface area contributed by atoms with Crippen molar-refractivity contribution in [2.24, 2.45) is 0 Å². The predicted molar refractivity (Wildman–Crippen MR) is 66.6 cm³/mol. The van der Waals surface area contributed by atoms with E-state index in [0.29, 0.717) is 25.9 Å². The fraction of sp³-hybridized carbons (Fsp3) is 0.500. The van der Waals surface area contributed by atoms with Crippen LogP contribution in [0.4, 0.5) is 4.39 Å². The van der Waals surface area contributed by atoms with Gasteiger partial charge in [-0.1, -0.05) is 19.1 Å². The van der Waals surface area contributed by atoms with E-state index in [-0.39, 0.29) is 23.7 Å². The maximum atomic E-state index is 12.8. The monoisotopic (exact) mass is 251 g/mol. The number of benzene rings is 1. The van der Waals surface area contributed by atoms with Crippen LogP contribution in [0.2, 0.25) is 0 Å². The van der Waals surface area contributed by atoms with Crippen molar-refractivity contribution in [2.75, 3.05) is 13.1 Å². The van der Waals surface area contributed by atoms with Crippen LogP contribution in [0, 0.1) is 5.82 Å². The first kappa shape index (κ1) is 13.0. The summed E-state index contributed by atoms with van der Waals surface area (Å²) in [6.07, 6.45) is 0.685. The van der Waals surface area contributed by atoms with Crippen molar-refractivity contribution >= 4 is 5.91 Å². The molecular formula is C14H18FNO2. The van der Waals surface area contributed by atoms with Gasteiger partial charge in [-0.15, -0.1) is 0 Å². The Morgan fingerprint density at radius 2 is 2.17 bits per heavy atom. The first-order valence-electron chi connectivity index (χ1n) is 6.27. The number of nitrogens with zero attached hydrogens (tertiary/aromatic N) is 1. The van der Waals surface area contributed by atoms with Gasteiger partial charge in [-0.25, -0.2) is 4.39 Å². The number of carbonyl (C=O) groups is 1. The first-order chi connectivity index (χ1) is 8.56. The van der Waals surface area contributed by atoms with E-state index in [1.807, 2.05) is 6.92 Å². The largest absolute Gasteiger partial charge is 0.391 e. The molecule has 1 aliphatic heterocycles. The Bertz CT molecular complexity index is 418. The predicted octanol–water partition coefficient (Wildman–Crippen LogP) is 1.91. The zero-order valence-electron chi connectivity index (χ0n) is 10.5. The SMILES string of the molecule is CC(CC(=O)N1CC[C@@H](O)C1)c1ccc(F)cc1. The quantitative estimate of drug-likeness (QED) is 0.891. The van der Waals surface area contributed by atoms with Gasteiger partial charge in [-0.05, 0) is 30.0 Å². The highest BCUT2D eigenvalue weighted by molar-refractivity contribution is 5.77. The lowest BCUT2D eigenvalue weighted by Crippen LogP contribution is -2.30. The van der Waals surface area contributed by atoms with Crippen LogP contribution in [-0.2, 0) is 4.79 Å². The zero-order chi connectivity index (χ0) is 13.1. The number of halogens is 1. The average Bonchev–Trinajstić information content (AvgIpc) is 2.76. The Morgan fingerprint density at radius 1 is 1.50 bits per heavy atom. The van der Waals surface area contributed by atoms with E-state index in [0.717, 1.165) is 5.56 Å². The molecule has 1 fully saturated rings. The third-order valence-corrected chi connectivity index (χ3v) is 3.44. The number of aliphatic hydroxyl groups excluding tert-OH is 1. The van der Waals surface area contributed by atoms with Gasteiger partial charge in [0.25, 0.3) is 0 Å².